The molecule has 0 aromatic heterocycles. The summed E-state index contributed by atoms with van der Waals surface area (Å²) < 4.78 is 5.39. The molecule has 94 valence electrons. The number of amides is 1. The molecule has 0 aromatic rings. The van der Waals surface area contributed by atoms with Gasteiger partial charge in [0.2, 0.25) is 0 Å². The number of ether oxygens (including phenoxy) is 1. The van der Waals surface area contributed by atoms with Gasteiger partial charge in [-0.15, -0.1) is 12.4 Å². The molecule has 0 aromatic carbocycles. The average Bonchev–Trinajstić information content (AvgIpc) is 3.03. The number of hydrogen-bond donors (Lipinski definition) is 2. The third-order valence-corrected chi connectivity index (χ3v) is 2.99. The van der Waals surface area contributed by atoms with Crippen LogP contribution in [0.4, 0.5) is 0 Å². The van der Waals surface area contributed by atoms with Gasteiger partial charge >= 0.3 is 0 Å². The minimum Gasteiger partial charge on any atom is -0.366 e. The summed E-state index contributed by atoms with van der Waals surface area (Å²) in [5, 5.41) is 6.17. The highest BCUT2D eigenvalue weighted by molar-refractivity contribution is 5.85. The third-order valence-electron chi connectivity index (χ3n) is 2.99. The molecule has 0 spiro atoms. The number of carbonyl (C=O) groups is 1. The van der Waals surface area contributed by atoms with Crippen molar-refractivity contribution >= 4 is 18.3 Å². The lowest BCUT2D eigenvalue weighted by atomic mass is 10.1. The normalized spacial score (nSPS) is 26.7. The maximum atomic E-state index is 11.7. The number of nitrogens with one attached hydrogen (secondary N) is 2. The molecule has 1 aliphatic heterocycles. The van der Waals surface area contributed by atoms with Crippen LogP contribution in [-0.4, -0.2) is 37.7 Å². The molecule has 1 heterocycles. The van der Waals surface area contributed by atoms with Crippen molar-refractivity contribution in [1.82, 2.24) is 10.6 Å². The maximum Gasteiger partial charge on any atom is 0.250 e. The monoisotopic (exact) mass is 248 g/mol. The summed E-state index contributed by atoms with van der Waals surface area (Å²) in [4.78, 5) is 11.7. The van der Waals surface area contributed by atoms with Crippen LogP contribution in [0, 0.1) is 5.92 Å². The first-order valence-corrected chi connectivity index (χ1v) is 5.88. The molecule has 1 saturated heterocycles. The van der Waals surface area contributed by atoms with E-state index >= 15 is 0 Å². The minimum absolute atomic E-state index is 0. The van der Waals surface area contributed by atoms with E-state index in [1.807, 2.05) is 0 Å². The zero-order chi connectivity index (χ0) is 10.7. The second kappa shape index (κ2) is 6.42. The lowest BCUT2D eigenvalue weighted by molar-refractivity contribution is -0.134. The van der Waals surface area contributed by atoms with Gasteiger partial charge in [0.05, 0.1) is 6.61 Å². The molecule has 16 heavy (non-hydrogen) atoms. The van der Waals surface area contributed by atoms with E-state index in [2.05, 4.69) is 17.6 Å². The van der Waals surface area contributed by atoms with Gasteiger partial charge in [-0.1, -0.05) is 12.8 Å². The summed E-state index contributed by atoms with van der Waals surface area (Å²) in [6.07, 6.45) is 3.50. The summed E-state index contributed by atoms with van der Waals surface area (Å²) in [6.45, 7) is 4.20. The molecular formula is C11H21ClN2O2. The summed E-state index contributed by atoms with van der Waals surface area (Å²) in [5.74, 6) is 0.890. The van der Waals surface area contributed by atoms with Crippen LogP contribution in [0.15, 0.2) is 0 Å². The van der Waals surface area contributed by atoms with E-state index in [-0.39, 0.29) is 30.5 Å². The van der Waals surface area contributed by atoms with Crippen molar-refractivity contribution in [2.75, 3.05) is 19.7 Å². The van der Waals surface area contributed by atoms with Crippen LogP contribution in [0.5, 0.6) is 0 Å². The quantitative estimate of drug-likeness (QED) is 0.770. The Morgan fingerprint density at radius 1 is 1.56 bits per heavy atom. The Labute approximate surface area is 103 Å². The SMILES string of the molecule is CC(CC1CC1)NC(=O)[C@H]1CNCCO1.Cl. The van der Waals surface area contributed by atoms with E-state index in [1.54, 1.807) is 0 Å². The fourth-order valence-corrected chi connectivity index (χ4v) is 1.98. The zero-order valence-electron chi connectivity index (χ0n) is 9.70. The Morgan fingerprint density at radius 3 is 2.88 bits per heavy atom. The number of hydrogen-bond acceptors (Lipinski definition) is 3. The van der Waals surface area contributed by atoms with Crippen LogP contribution in [0.2, 0.25) is 0 Å². The van der Waals surface area contributed by atoms with Crippen molar-refractivity contribution in [3.8, 4) is 0 Å². The lowest BCUT2D eigenvalue weighted by Gasteiger charge is -2.24. The zero-order valence-corrected chi connectivity index (χ0v) is 10.5. The Balaban J connectivity index is 0.00000128. The second-order valence-corrected chi connectivity index (χ2v) is 4.65. The first-order chi connectivity index (χ1) is 7.25. The summed E-state index contributed by atoms with van der Waals surface area (Å²) in [5.41, 5.74) is 0. The summed E-state index contributed by atoms with van der Waals surface area (Å²) >= 11 is 0. The molecule has 2 atom stereocenters. The molecule has 1 saturated carbocycles. The predicted octanol–water partition coefficient (Wildman–Crippen LogP) is 0.701. The molecule has 2 N–H and O–H groups in total. The van der Waals surface area contributed by atoms with Gasteiger partial charge in [0.15, 0.2) is 0 Å². The summed E-state index contributed by atoms with van der Waals surface area (Å²) in [6, 6.07) is 0.288. The molecule has 0 bridgehead atoms. The Morgan fingerprint density at radius 2 is 2.31 bits per heavy atom. The van der Waals surface area contributed by atoms with E-state index in [0.29, 0.717) is 13.2 Å². The number of carbonyl (C=O) groups excluding carboxylic acids is 1. The fraction of sp³-hybridized carbons (Fsp3) is 0.909. The van der Waals surface area contributed by atoms with Crippen molar-refractivity contribution in [3.05, 3.63) is 0 Å². The molecular weight excluding hydrogens is 228 g/mol. The Hall–Kier alpha value is -0.320. The Bertz CT molecular complexity index is 228. The van der Waals surface area contributed by atoms with Crippen molar-refractivity contribution in [2.24, 2.45) is 5.92 Å². The highest BCUT2D eigenvalue weighted by Crippen LogP contribution is 2.33. The van der Waals surface area contributed by atoms with Crippen molar-refractivity contribution in [3.63, 3.8) is 0 Å². The molecule has 5 heteroatoms. The maximum absolute atomic E-state index is 11.7. The van der Waals surface area contributed by atoms with E-state index in [9.17, 15) is 4.79 Å². The van der Waals surface area contributed by atoms with Crippen LogP contribution < -0.4 is 10.6 Å². The third kappa shape index (κ3) is 4.28. The Kier molecular flexibility index (Phi) is 5.52. The lowest BCUT2D eigenvalue weighted by Crippen LogP contribution is -2.49. The van der Waals surface area contributed by atoms with Crippen LogP contribution in [0.25, 0.3) is 0 Å². The molecule has 1 aliphatic carbocycles. The van der Waals surface area contributed by atoms with Gasteiger partial charge in [0.1, 0.15) is 6.10 Å². The van der Waals surface area contributed by atoms with Gasteiger partial charge in [0.25, 0.3) is 5.91 Å². The van der Waals surface area contributed by atoms with Crippen LogP contribution in [-0.2, 0) is 9.53 Å². The first-order valence-electron chi connectivity index (χ1n) is 5.88. The predicted molar refractivity (Wildman–Crippen MR) is 64.8 cm³/mol. The average molecular weight is 249 g/mol. The van der Waals surface area contributed by atoms with Crippen LogP contribution >= 0.6 is 12.4 Å². The fourth-order valence-electron chi connectivity index (χ4n) is 1.98. The van der Waals surface area contributed by atoms with Gasteiger partial charge in [-0.3, -0.25) is 4.79 Å². The first kappa shape index (κ1) is 13.7. The molecule has 0 radical (unpaired) electrons. The van der Waals surface area contributed by atoms with Gasteiger partial charge in [0, 0.05) is 19.1 Å². The highest BCUT2D eigenvalue weighted by atomic mass is 35.5. The van der Waals surface area contributed by atoms with Gasteiger partial charge < -0.3 is 15.4 Å². The van der Waals surface area contributed by atoms with Crippen LogP contribution in [0.3, 0.4) is 0 Å². The number of rotatable bonds is 4. The second-order valence-electron chi connectivity index (χ2n) is 4.65. The standard InChI is InChI=1S/C11H20N2O2.ClH/c1-8(6-9-2-3-9)13-11(14)10-7-12-4-5-15-10;/h8-10,12H,2-7H2,1H3,(H,13,14);1H/t8?,10-;/m1./s1. The molecule has 1 unspecified atom stereocenters. The molecule has 2 fully saturated rings. The number of halogens is 1. The van der Waals surface area contributed by atoms with Crippen molar-refractivity contribution in [2.45, 2.75) is 38.3 Å². The molecule has 2 aliphatic rings. The number of morpholine rings is 1. The van der Waals surface area contributed by atoms with E-state index in [1.165, 1.54) is 12.8 Å². The molecule has 4 nitrogen and oxygen atoms in total. The van der Waals surface area contributed by atoms with Crippen LogP contribution in [0.1, 0.15) is 26.2 Å². The van der Waals surface area contributed by atoms with Crippen molar-refractivity contribution in [1.29, 1.82) is 0 Å². The molecule has 1 amide bonds. The molecule has 2 rings (SSSR count). The largest absolute Gasteiger partial charge is 0.366 e. The van der Waals surface area contributed by atoms with Gasteiger partial charge in [-0.25, -0.2) is 0 Å². The van der Waals surface area contributed by atoms with E-state index in [0.717, 1.165) is 18.9 Å². The summed E-state index contributed by atoms with van der Waals surface area (Å²) in [7, 11) is 0. The smallest absolute Gasteiger partial charge is 0.250 e. The van der Waals surface area contributed by atoms with Gasteiger partial charge in [-0.05, 0) is 19.3 Å². The highest BCUT2D eigenvalue weighted by Gasteiger charge is 2.27. The van der Waals surface area contributed by atoms with Gasteiger partial charge in [-0.2, -0.15) is 0 Å². The topological polar surface area (TPSA) is 50.4 Å². The van der Waals surface area contributed by atoms with E-state index in [4.69, 9.17) is 4.74 Å². The van der Waals surface area contributed by atoms with E-state index < -0.39 is 0 Å². The minimum atomic E-state index is -0.291. The van der Waals surface area contributed by atoms with Crippen molar-refractivity contribution < 1.29 is 9.53 Å².